The number of halogens is 1. The number of benzene rings is 2. The maximum absolute atomic E-state index is 13.9. The number of nitrogens with zero attached hydrogens (tertiary/aromatic N) is 1. The van der Waals surface area contributed by atoms with Gasteiger partial charge in [-0.25, -0.2) is 4.39 Å². The van der Waals surface area contributed by atoms with Crippen molar-refractivity contribution < 1.29 is 23.5 Å². The molecule has 1 fully saturated rings. The Morgan fingerprint density at radius 2 is 1.96 bits per heavy atom. The normalized spacial score (nSPS) is 16.5. The standard InChI is InChI=1S/C19H19FN2O4/c1-25-13-7-8-15(17(10-13)26-2)21-19(24)12-9-18(23)22(11-12)16-6-4-3-5-14(16)20/h3-8,10,12H,9,11H2,1-2H3,(H,21,24)/t12-/m0/s1. The van der Waals surface area contributed by atoms with E-state index in [9.17, 15) is 14.0 Å². The molecule has 0 aliphatic carbocycles. The molecule has 1 aliphatic heterocycles. The molecule has 0 saturated carbocycles. The number of amides is 2. The Morgan fingerprint density at radius 3 is 2.65 bits per heavy atom. The highest BCUT2D eigenvalue weighted by molar-refractivity contribution is 6.04. The number of anilines is 2. The molecule has 1 aliphatic rings. The van der Waals surface area contributed by atoms with Gasteiger partial charge in [-0.2, -0.15) is 0 Å². The van der Waals surface area contributed by atoms with Gasteiger partial charge in [-0.05, 0) is 24.3 Å². The number of methoxy groups -OCH3 is 2. The fourth-order valence-corrected chi connectivity index (χ4v) is 2.92. The van der Waals surface area contributed by atoms with Gasteiger partial charge in [0.15, 0.2) is 0 Å². The summed E-state index contributed by atoms with van der Waals surface area (Å²) in [5, 5.41) is 2.77. The number of hydrogen-bond donors (Lipinski definition) is 1. The largest absolute Gasteiger partial charge is 0.497 e. The highest BCUT2D eigenvalue weighted by Gasteiger charge is 2.36. The lowest BCUT2D eigenvalue weighted by Crippen LogP contribution is -2.28. The molecule has 0 radical (unpaired) electrons. The summed E-state index contributed by atoms with van der Waals surface area (Å²) in [7, 11) is 3.03. The molecule has 0 spiro atoms. The Balaban J connectivity index is 1.74. The van der Waals surface area contributed by atoms with Crippen molar-refractivity contribution in [2.45, 2.75) is 6.42 Å². The average Bonchev–Trinajstić information content (AvgIpc) is 3.04. The molecule has 3 rings (SSSR count). The lowest BCUT2D eigenvalue weighted by atomic mass is 10.1. The van der Waals surface area contributed by atoms with Crippen molar-refractivity contribution in [1.82, 2.24) is 0 Å². The zero-order valence-corrected chi connectivity index (χ0v) is 14.5. The number of rotatable bonds is 5. The van der Waals surface area contributed by atoms with Gasteiger partial charge in [0, 0.05) is 19.0 Å². The molecule has 0 bridgehead atoms. The molecule has 2 aromatic carbocycles. The Labute approximate surface area is 150 Å². The maximum Gasteiger partial charge on any atom is 0.229 e. The van der Waals surface area contributed by atoms with Crippen LogP contribution in [0.5, 0.6) is 11.5 Å². The second-order valence-electron chi connectivity index (χ2n) is 5.91. The smallest absolute Gasteiger partial charge is 0.229 e. The summed E-state index contributed by atoms with van der Waals surface area (Å²) in [5.41, 5.74) is 0.671. The molecule has 7 heteroatoms. The summed E-state index contributed by atoms with van der Waals surface area (Å²) < 4.78 is 24.3. The maximum atomic E-state index is 13.9. The molecule has 1 heterocycles. The van der Waals surface area contributed by atoms with Crippen molar-refractivity contribution in [3.63, 3.8) is 0 Å². The minimum atomic E-state index is -0.575. The van der Waals surface area contributed by atoms with Crippen molar-refractivity contribution in [3.8, 4) is 11.5 Å². The van der Waals surface area contributed by atoms with Gasteiger partial charge in [0.2, 0.25) is 11.8 Å². The summed E-state index contributed by atoms with van der Waals surface area (Å²) in [6.45, 7) is 0.129. The molecule has 1 atom stereocenters. The zero-order chi connectivity index (χ0) is 18.7. The van der Waals surface area contributed by atoms with E-state index in [1.165, 1.54) is 31.3 Å². The summed E-state index contributed by atoms with van der Waals surface area (Å²) in [6, 6.07) is 11.0. The lowest BCUT2D eigenvalue weighted by molar-refractivity contribution is -0.122. The van der Waals surface area contributed by atoms with Crippen LogP contribution in [0.1, 0.15) is 6.42 Å². The van der Waals surface area contributed by atoms with Gasteiger partial charge in [0.05, 0.1) is 31.5 Å². The molecule has 6 nitrogen and oxygen atoms in total. The summed E-state index contributed by atoms with van der Waals surface area (Å²) in [5.74, 6) is -0.611. The van der Waals surface area contributed by atoms with Crippen LogP contribution in [0.25, 0.3) is 0 Å². The summed E-state index contributed by atoms with van der Waals surface area (Å²) in [6.07, 6.45) is 0.0264. The van der Waals surface area contributed by atoms with Gasteiger partial charge in [-0.3, -0.25) is 9.59 Å². The second-order valence-corrected chi connectivity index (χ2v) is 5.91. The van der Waals surface area contributed by atoms with E-state index in [1.54, 1.807) is 30.3 Å². The van der Waals surface area contributed by atoms with Crippen molar-refractivity contribution >= 4 is 23.2 Å². The first-order valence-electron chi connectivity index (χ1n) is 8.11. The predicted molar refractivity (Wildman–Crippen MR) is 95.0 cm³/mol. The van der Waals surface area contributed by atoms with Crippen LogP contribution >= 0.6 is 0 Å². The summed E-state index contributed by atoms with van der Waals surface area (Å²) >= 11 is 0. The third kappa shape index (κ3) is 3.46. The van der Waals surface area contributed by atoms with Crippen molar-refractivity contribution in [2.24, 2.45) is 5.92 Å². The van der Waals surface area contributed by atoms with Crippen LogP contribution in [0.3, 0.4) is 0 Å². The SMILES string of the molecule is COc1ccc(NC(=O)[C@H]2CC(=O)N(c3ccccc3F)C2)c(OC)c1. The van der Waals surface area contributed by atoms with E-state index in [0.717, 1.165) is 0 Å². The number of para-hydroxylation sites is 1. The van der Waals surface area contributed by atoms with E-state index in [4.69, 9.17) is 9.47 Å². The quantitative estimate of drug-likeness (QED) is 0.892. The molecule has 1 N–H and O–H groups in total. The third-order valence-electron chi connectivity index (χ3n) is 4.31. The number of ether oxygens (including phenoxy) is 2. The van der Waals surface area contributed by atoms with Gasteiger partial charge in [0.25, 0.3) is 0 Å². The molecule has 0 aromatic heterocycles. The molecule has 1 saturated heterocycles. The number of hydrogen-bond acceptors (Lipinski definition) is 4. The van der Waals surface area contributed by atoms with Gasteiger partial charge in [-0.15, -0.1) is 0 Å². The topological polar surface area (TPSA) is 67.9 Å². The molecule has 2 amide bonds. The van der Waals surface area contributed by atoms with Crippen LogP contribution in [0.15, 0.2) is 42.5 Å². The Bertz CT molecular complexity index is 840. The van der Waals surface area contributed by atoms with Crippen LogP contribution in [-0.4, -0.2) is 32.6 Å². The number of nitrogens with one attached hydrogen (secondary N) is 1. The Hall–Kier alpha value is -3.09. The molecule has 2 aromatic rings. The van der Waals surface area contributed by atoms with Gasteiger partial charge in [0.1, 0.15) is 17.3 Å². The minimum Gasteiger partial charge on any atom is -0.497 e. The van der Waals surface area contributed by atoms with Crippen molar-refractivity contribution in [2.75, 3.05) is 31.0 Å². The lowest BCUT2D eigenvalue weighted by Gasteiger charge is -2.17. The zero-order valence-electron chi connectivity index (χ0n) is 14.5. The monoisotopic (exact) mass is 358 g/mol. The van der Waals surface area contributed by atoms with E-state index in [1.807, 2.05) is 0 Å². The van der Waals surface area contributed by atoms with Gasteiger partial charge < -0.3 is 19.7 Å². The van der Waals surface area contributed by atoms with Crippen LogP contribution in [0, 0.1) is 11.7 Å². The number of carbonyl (C=O) groups is 2. The number of carbonyl (C=O) groups excluding carboxylic acids is 2. The van der Waals surface area contributed by atoms with Crippen LogP contribution < -0.4 is 19.7 Å². The van der Waals surface area contributed by atoms with Crippen LogP contribution in [-0.2, 0) is 9.59 Å². The summed E-state index contributed by atoms with van der Waals surface area (Å²) in [4.78, 5) is 26.1. The van der Waals surface area contributed by atoms with E-state index < -0.39 is 11.7 Å². The molecular formula is C19H19FN2O4. The van der Waals surface area contributed by atoms with E-state index in [-0.39, 0.29) is 30.5 Å². The van der Waals surface area contributed by atoms with Crippen molar-refractivity contribution in [3.05, 3.63) is 48.3 Å². The third-order valence-corrected chi connectivity index (χ3v) is 4.31. The highest BCUT2D eigenvalue weighted by Crippen LogP contribution is 2.31. The predicted octanol–water partition coefficient (Wildman–Crippen LogP) is 2.83. The molecule has 0 unspecified atom stereocenters. The average molecular weight is 358 g/mol. The van der Waals surface area contributed by atoms with Gasteiger partial charge in [-0.1, -0.05) is 12.1 Å². The molecule has 26 heavy (non-hydrogen) atoms. The fraction of sp³-hybridized carbons (Fsp3) is 0.263. The molecular weight excluding hydrogens is 339 g/mol. The van der Waals surface area contributed by atoms with Crippen LogP contribution in [0.2, 0.25) is 0 Å². The van der Waals surface area contributed by atoms with Crippen molar-refractivity contribution in [1.29, 1.82) is 0 Å². The fourth-order valence-electron chi connectivity index (χ4n) is 2.92. The van der Waals surface area contributed by atoms with E-state index in [0.29, 0.717) is 17.2 Å². The highest BCUT2D eigenvalue weighted by atomic mass is 19.1. The van der Waals surface area contributed by atoms with E-state index >= 15 is 0 Å². The first-order chi connectivity index (χ1) is 12.5. The Morgan fingerprint density at radius 1 is 1.19 bits per heavy atom. The first kappa shape index (κ1) is 17.7. The molecule has 136 valence electrons. The minimum absolute atomic E-state index is 0.0264. The second kappa shape index (κ2) is 7.43. The van der Waals surface area contributed by atoms with Gasteiger partial charge >= 0.3 is 0 Å². The van der Waals surface area contributed by atoms with E-state index in [2.05, 4.69) is 5.32 Å². The Kier molecular flexibility index (Phi) is 5.06. The van der Waals surface area contributed by atoms with Crippen LogP contribution in [0.4, 0.5) is 15.8 Å². The first-order valence-corrected chi connectivity index (χ1v) is 8.11.